The average molecular weight is 259 g/mol. The summed E-state index contributed by atoms with van der Waals surface area (Å²) >= 11 is 0. The molecule has 2 heterocycles. The summed E-state index contributed by atoms with van der Waals surface area (Å²) in [6.45, 7) is 2.35. The van der Waals surface area contributed by atoms with E-state index in [-0.39, 0.29) is 11.3 Å². The van der Waals surface area contributed by atoms with Crippen molar-refractivity contribution in [1.29, 1.82) is 0 Å². The molecule has 1 N–H and O–H groups in total. The molecule has 0 radical (unpaired) electrons. The minimum Gasteiger partial charge on any atom is -0.477 e. The molecule has 0 amide bonds. The quantitative estimate of drug-likeness (QED) is 0.897. The molecule has 0 aliphatic rings. The maximum atomic E-state index is 12.1. The molecule has 0 bridgehead atoms. The Kier molecular flexibility index (Phi) is 3.70. The van der Waals surface area contributed by atoms with Gasteiger partial charge in [0.1, 0.15) is 0 Å². The second-order valence-corrected chi connectivity index (χ2v) is 4.01. The third kappa shape index (κ3) is 2.52. The molecule has 2 aromatic rings. The van der Waals surface area contributed by atoms with E-state index in [0.717, 1.165) is 6.42 Å². The van der Waals surface area contributed by atoms with Crippen LogP contribution in [0.3, 0.4) is 0 Å². The van der Waals surface area contributed by atoms with Crippen LogP contribution in [0.2, 0.25) is 0 Å². The van der Waals surface area contributed by atoms with Crippen molar-refractivity contribution in [3.63, 3.8) is 0 Å². The number of nitrogens with zero attached hydrogens (tertiary/aromatic N) is 3. The molecular weight excluding hydrogens is 246 g/mol. The van der Waals surface area contributed by atoms with Crippen molar-refractivity contribution in [2.45, 2.75) is 19.9 Å². The summed E-state index contributed by atoms with van der Waals surface area (Å²) < 4.78 is 1.31. The van der Waals surface area contributed by atoms with Crippen LogP contribution in [0.4, 0.5) is 0 Å². The zero-order valence-electron chi connectivity index (χ0n) is 10.4. The monoisotopic (exact) mass is 259 g/mol. The molecule has 0 aromatic carbocycles. The Bertz CT molecular complexity index is 650. The van der Waals surface area contributed by atoms with Gasteiger partial charge in [-0.15, -0.1) is 0 Å². The molecule has 2 aromatic heterocycles. The van der Waals surface area contributed by atoms with Gasteiger partial charge in [0.2, 0.25) is 0 Å². The van der Waals surface area contributed by atoms with E-state index in [1.54, 1.807) is 12.1 Å². The second kappa shape index (κ2) is 5.43. The third-order valence-electron chi connectivity index (χ3n) is 2.67. The third-order valence-corrected chi connectivity index (χ3v) is 2.67. The number of rotatable bonds is 4. The topological polar surface area (TPSA) is 85.1 Å². The average Bonchev–Trinajstić information content (AvgIpc) is 2.41. The molecule has 0 saturated carbocycles. The molecule has 2 rings (SSSR count). The molecule has 0 aliphatic heterocycles. The summed E-state index contributed by atoms with van der Waals surface area (Å²) in [4.78, 5) is 31.4. The number of carbonyl (C=O) groups is 1. The number of pyridine rings is 1. The van der Waals surface area contributed by atoms with Crippen LogP contribution in [-0.2, 0) is 6.54 Å². The van der Waals surface area contributed by atoms with E-state index in [0.29, 0.717) is 12.1 Å². The molecular formula is C13H13N3O3. The van der Waals surface area contributed by atoms with Gasteiger partial charge in [-0.25, -0.2) is 9.78 Å². The minimum atomic E-state index is -1.27. The predicted molar refractivity (Wildman–Crippen MR) is 69.0 cm³/mol. The van der Waals surface area contributed by atoms with Crippen LogP contribution < -0.4 is 5.56 Å². The van der Waals surface area contributed by atoms with Gasteiger partial charge in [-0.3, -0.25) is 14.3 Å². The van der Waals surface area contributed by atoms with Gasteiger partial charge >= 0.3 is 5.97 Å². The van der Waals surface area contributed by atoms with Crippen molar-refractivity contribution in [1.82, 2.24) is 14.5 Å². The lowest BCUT2D eigenvalue weighted by molar-refractivity contribution is 0.0694. The summed E-state index contributed by atoms with van der Waals surface area (Å²) in [6, 6.07) is 3.25. The number of aryl methyl sites for hydroxylation is 1. The van der Waals surface area contributed by atoms with Gasteiger partial charge < -0.3 is 5.11 Å². The first-order chi connectivity index (χ1) is 9.15. The molecule has 19 heavy (non-hydrogen) atoms. The van der Waals surface area contributed by atoms with Crippen molar-refractivity contribution >= 4 is 5.97 Å². The molecule has 6 heteroatoms. The van der Waals surface area contributed by atoms with E-state index in [9.17, 15) is 14.7 Å². The Morgan fingerprint density at radius 2 is 2.05 bits per heavy atom. The summed E-state index contributed by atoms with van der Waals surface area (Å²) in [5.74, 6) is -1.27. The summed E-state index contributed by atoms with van der Waals surface area (Å²) in [6.07, 6.45) is 5.17. The van der Waals surface area contributed by atoms with E-state index in [4.69, 9.17) is 0 Å². The highest BCUT2D eigenvalue weighted by Gasteiger charge is 2.19. The smallest absolute Gasteiger partial charge is 0.343 e. The zero-order chi connectivity index (χ0) is 13.8. The van der Waals surface area contributed by atoms with Crippen LogP contribution in [0.15, 0.2) is 35.6 Å². The van der Waals surface area contributed by atoms with E-state index in [2.05, 4.69) is 9.97 Å². The van der Waals surface area contributed by atoms with E-state index in [1.807, 2.05) is 6.92 Å². The molecule has 0 spiro atoms. The first kappa shape index (κ1) is 12.9. The number of hydrogen-bond donors (Lipinski definition) is 1. The van der Waals surface area contributed by atoms with Crippen molar-refractivity contribution in [3.8, 4) is 11.3 Å². The standard InChI is InChI=1S/C13H13N3O3/c1-2-7-16-8-15-11(9-3-5-14-6-4-9)10(12(16)17)13(18)19/h3-6,8H,2,7H2,1H3,(H,18,19). The fraction of sp³-hybridized carbons (Fsp3) is 0.231. The van der Waals surface area contributed by atoms with Crippen molar-refractivity contribution in [2.75, 3.05) is 0 Å². The van der Waals surface area contributed by atoms with Crippen LogP contribution in [0, 0.1) is 0 Å². The van der Waals surface area contributed by atoms with Gasteiger partial charge in [0.25, 0.3) is 5.56 Å². The fourth-order valence-electron chi connectivity index (χ4n) is 1.81. The molecule has 6 nitrogen and oxygen atoms in total. The second-order valence-electron chi connectivity index (χ2n) is 4.01. The number of hydrogen-bond acceptors (Lipinski definition) is 4. The van der Waals surface area contributed by atoms with Gasteiger partial charge in [-0.1, -0.05) is 6.92 Å². The molecule has 0 fully saturated rings. The largest absolute Gasteiger partial charge is 0.477 e. The fourth-order valence-corrected chi connectivity index (χ4v) is 1.81. The highest BCUT2D eigenvalue weighted by molar-refractivity contribution is 5.94. The lowest BCUT2D eigenvalue weighted by Crippen LogP contribution is -2.28. The highest BCUT2D eigenvalue weighted by Crippen LogP contribution is 2.17. The minimum absolute atomic E-state index is 0.173. The van der Waals surface area contributed by atoms with Crippen LogP contribution >= 0.6 is 0 Å². The first-order valence-electron chi connectivity index (χ1n) is 5.88. The lowest BCUT2D eigenvalue weighted by Gasteiger charge is -2.08. The number of carboxylic acids is 1. The highest BCUT2D eigenvalue weighted by atomic mass is 16.4. The van der Waals surface area contributed by atoms with Crippen LogP contribution in [0.25, 0.3) is 11.3 Å². The van der Waals surface area contributed by atoms with Crippen LogP contribution in [-0.4, -0.2) is 25.6 Å². The Balaban J connectivity index is 2.66. The van der Waals surface area contributed by atoms with Gasteiger partial charge in [0.05, 0.1) is 12.0 Å². The molecule has 0 unspecified atom stereocenters. The number of aromatic carboxylic acids is 1. The van der Waals surface area contributed by atoms with Crippen molar-refractivity contribution in [3.05, 3.63) is 46.8 Å². The summed E-state index contributed by atoms with van der Waals surface area (Å²) in [5.41, 5.74) is -0.0984. The summed E-state index contributed by atoms with van der Waals surface area (Å²) in [5, 5.41) is 9.23. The van der Waals surface area contributed by atoms with E-state index < -0.39 is 11.5 Å². The Morgan fingerprint density at radius 1 is 1.37 bits per heavy atom. The van der Waals surface area contributed by atoms with E-state index in [1.165, 1.54) is 23.3 Å². The number of carboxylic acid groups (broad SMARTS) is 1. The van der Waals surface area contributed by atoms with Crippen molar-refractivity contribution < 1.29 is 9.90 Å². The zero-order valence-corrected chi connectivity index (χ0v) is 10.4. The van der Waals surface area contributed by atoms with Gasteiger partial charge in [-0.05, 0) is 18.6 Å². The molecule has 0 saturated heterocycles. The van der Waals surface area contributed by atoms with Gasteiger partial charge in [0, 0.05) is 24.5 Å². The Hall–Kier alpha value is -2.50. The van der Waals surface area contributed by atoms with Gasteiger partial charge in [0.15, 0.2) is 5.56 Å². The summed E-state index contributed by atoms with van der Waals surface area (Å²) in [7, 11) is 0. The number of aromatic nitrogens is 3. The first-order valence-corrected chi connectivity index (χ1v) is 5.88. The van der Waals surface area contributed by atoms with Crippen LogP contribution in [0.5, 0.6) is 0 Å². The SMILES string of the molecule is CCCn1cnc(-c2ccncc2)c(C(=O)O)c1=O. The predicted octanol–water partition coefficient (Wildman–Crippen LogP) is 1.41. The molecule has 98 valence electrons. The normalized spacial score (nSPS) is 10.4. The van der Waals surface area contributed by atoms with Crippen LogP contribution in [0.1, 0.15) is 23.7 Å². The van der Waals surface area contributed by atoms with Crippen molar-refractivity contribution in [2.24, 2.45) is 0 Å². The Labute approximate surface area is 109 Å². The maximum Gasteiger partial charge on any atom is 0.343 e. The molecule has 0 atom stereocenters. The van der Waals surface area contributed by atoms with Gasteiger partial charge in [-0.2, -0.15) is 0 Å². The maximum absolute atomic E-state index is 12.1. The Morgan fingerprint density at radius 3 is 2.63 bits per heavy atom. The van der Waals surface area contributed by atoms with E-state index >= 15 is 0 Å². The lowest BCUT2D eigenvalue weighted by atomic mass is 10.1. The molecule has 0 aliphatic carbocycles.